The minimum Gasteiger partial charge on any atom is -0.320 e. The molecule has 0 radical (unpaired) electrons. The highest BCUT2D eigenvalue weighted by Crippen LogP contribution is 2.24. The van der Waals surface area contributed by atoms with E-state index in [1.807, 2.05) is 7.05 Å². The highest BCUT2D eigenvalue weighted by molar-refractivity contribution is 4.70. The fraction of sp³-hybridized carbons (Fsp3) is 1.00. The molecular weight excluding hydrogens is 160 g/mol. The maximum Gasteiger partial charge on any atom is 0.000661 e. The van der Waals surface area contributed by atoms with Gasteiger partial charge in [0.1, 0.15) is 0 Å². The minimum absolute atomic E-state index is 1.000. The van der Waals surface area contributed by atoms with E-state index in [-0.39, 0.29) is 0 Å². The van der Waals surface area contributed by atoms with Gasteiger partial charge in [0.2, 0.25) is 0 Å². The maximum atomic E-state index is 3.19. The molecule has 0 atom stereocenters. The van der Waals surface area contributed by atoms with Crippen LogP contribution in [0.5, 0.6) is 0 Å². The van der Waals surface area contributed by atoms with Crippen LogP contribution in [0.4, 0.5) is 0 Å². The molecule has 1 fully saturated rings. The zero-order chi connectivity index (χ0) is 9.52. The molecule has 0 aromatic rings. The Hall–Kier alpha value is -0.0800. The number of nitrogens with zero attached hydrogens (tertiary/aromatic N) is 1. The molecule has 0 amide bonds. The van der Waals surface area contributed by atoms with Crippen LogP contribution in [0.1, 0.15) is 32.1 Å². The minimum atomic E-state index is 1.000. The van der Waals surface area contributed by atoms with Gasteiger partial charge < -0.3 is 10.2 Å². The molecule has 78 valence electrons. The second-order valence-electron chi connectivity index (χ2n) is 4.37. The predicted octanol–water partition coefficient (Wildman–Crippen LogP) is 1.72. The monoisotopic (exact) mass is 184 g/mol. The summed E-state index contributed by atoms with van der Waals surface area (Å²) >= 11 is 0. The van der Waals surface area contributed by atoms with Crippen LogP contribution in [-0.4, -0.2) is 38.6 Å². The summed E-state index contributed by atoms with van der Waals surface area (Å²) < 4.78 is 0. The van der Waals surface area contributed by atoms with Crippen molar-refractivity contribution >= 4 is 0 Å². The Bertz CT molecular complexity index is 119. The van der Waals surface area contributed by atoms with Crippen molar-refractivity contribution in [3.05, 3.63) is 0 Å². The summed E-state index contributed by atoms with van der Waals surface area (Å²) in [5.41, 5.74) is 0. The lowest BCUT2D eigenvalue weighted by atomic mass is 10.1. The van der Waals surface area contributed by atoms with E-state index in [0.717, 1.165) is 12.5 Å². The zero-order valence-electron chi connectivity index (χ0n) is 9.18. The van der Waals surface area contributed by atoms with Crippen LogP contribution in [-0.2, 0) is 0 Å². The first-order valence-electron chi connectivity index (χ1n) is 5.66. The Balaban J connectivity index is 1.99. The van der Waals surface area contributed by atoms with E-state index in [0.29, 0.717) is 0 Å². The third-order valence-corrected chi connectivity index (χ3v) is 3.01. The summed E-state index contributed by atoms with van der Waals surface area (Å²) in [5.74, 6) is 1.000. The van der Waals surface area contributed by atoms with Crippen LogP contribution in [0.2, 0.25) is 0 Å². The van der Waals surface area contributed by atoms with E-state index >= 15 is 0 Å². The Morgan fingerprint density at radius 1 is 1.31 bits per heavy atom. The third-order valence-electron chi connectivity index (χ3n) is 3.01. The number of nitrogens with one attached hydrogen (secondary N) is 1. The largest absolute Gasteiger partial charge is 0.320 e. The standard InChI is InChI=1S/C11H24N2/c1-12-8-5-9-13(2)10-11-6-3-4-7-11/h11-12H,3-10H2,1-2H3. The van der Waals surface area contributed by atoms with E-state index in [4.69, 9.17) is 0 Å². The Kier molecular flexibility index (Phi) is 5.40. The normalized spacial score (nSPS) is 18.7. The molecule has 0 aliphatic heterocycles. The molecule has 0 saturated heterocycles. The molecule has 0 aromatic heterocycles. The van der Waals surface area contributed by atoms with E-state index in [9.17, 15) is 0 Å². The Morgan fingerprint density at radius 3 is 2.62 bits per heavy atom. The molecule has 0 bridgehead atoms. The second kappa shape index (κ2) is 6.39. The van der Waals surface area contributed by atoms with E-state index < -0.39 is 0 Å². The maximum absolute atomic E-state index is 3.19. The van der Waals surface area contributed by atoms with Crippen LogP contribution in [0, 0.1) is 5.92 Å². The molecule has 2 nitrogen and oxygen atoms in total. The average Bonchev–Trinajstić information content (AvgIpc) is 2.57. The lowest BCUT2D eigenvalue weighted by Crippen LogP contribution is -2.27. The molecule has 13 heavy (non-hydrogen) atoms. The highest BCUT2D eigenvalue weighted by atomic mass is 15.1. The quantitative estimate of drug-likeness (QED) is 0.632. The molecule has 1 N–H and O–H groups in total. The van der Waals surface area contributed by atoms with Crippen LogP contribution >= 0.6 is 0 Å². The topological polar surface area (TPSA) is 15.3 Å². The molecule has 1 aliphatic rings. The SMILES string of the molecule is CNCCCN(C)CC1CCCC1. The molecule has 0 heterocycles. The molecular formula is C11H24N2. The lowest BCUT2D eigenvalue weighted by molar-refractivity contribution is 0.275. The fourth-order valence-electron chi connectivity index (χ4n) is 2.25. The fourth-order valence-corrected chi connectivity index (χ4v) is 2.25. The second-order valence-corrected chi connectivity index (χ2v) is 4.37. The first kappa shape index (κ1) is 11.0. The molecule has 0 aromatic carbocycles. The van der Waals surface area contributed by atoms with Crippen molar-refractivity contribution < 1.29 is 0 Å². The van der Waals surface area contributed by atoms with Gasteiger partial charge in [-0.1, -0.05) is 12.8 Å². The third kappa shape index (κ3) is 4.63. The van der Waals surface area contributed by atoms with Crippen molar-refractivity contribution in [2.24, 2.45) is 5.92 Å². The molecule has 1 rings (SSSR count). The van der Waals surface area contributed by atoms with Gasteiger partial charge in [-0.2, -0.15) is 0 Å². The predicted molar refractivity (Wildman–Crippen MR) is 58.0 cm³/mol. The van der Waals surface area contributed by atoms with Gasteiger partial charge in [-0.05, 0) is 52.4 Å². The van der Waals surface area contributed by atoms with Gasteiger partial charge in [-0.25, -0.2) is 0 Å². The molecule has 1 saturated carbocycles. The molecule has 1 aliphatic carbocycles. The summed E-state index contributed by atoms with van der Waals surface area (Å²) in [6, 6.07) is 0. The summed E-state index contributed by atoms with van der Waals surface area (Å²) in [6.45, 7) is 3.72. The average molecular weight is 184 g/mol. The van der Waals surface area contributed by atoms with Crippen LogP contribution in [0.15, 0.2) is 0 Å². The van der Waals surface area contributed by atoms with Crippen molar-refractivity contribution in [3.8, 4) is 0 Å². The summed E-state index contributed by atoms with van der Waals surface area (Å²) in [6.07, 6.45) is 7.15. The van der Waals surface area contributed by atoms with Crippen LogP contribution < -0.4 is 5.32 Å². The van der Waals surface area contributed by atoms with Crippen LogP contribution in [0.3, 0.4) is 0 Å². The lowest BCUT2D eigenvalue weighted by Gasteiger charge is -2.20. The number of rotatable bonds is 6. The van der Waals surface area contributed by atoms with Gasteiger partial charge >= 0.3 is 0 Å². The first-order chi connectivity index (χ1) is 6.33. The van der Waals surface area contributed by atoms with Gasteiger partial charge in [-0.15, -0.1) is 0 Å². The van der Waals surface area contributed by atoms with E-state index in [1.54, 1.807) is 0 Å². The summed E-state index contributed by atoms with van der Waals surface area (Å²) in [5, 5.41) is 3.19. The summed E-state index contributed by atoms with van der Waals surface area (Å²) in [4.78, 5) is 2.49. The smallest absolute Gasteiger partial charge is 0.000661 e. The van der Waals surface area contributed by atoms with Gasteiger partial charge in [-0.3, -0.25) is 0 Å². The van der Waals surface area contributed by atoms with Gasteiger partial charge in [0.15, 0.2) is 0 Å². The van der Waals surface area contributed by atoms with Crippen molar-refractivity contribution in [3.63, 3.8) is 0 Å². The van der Waals surface area contributed by atoms with Gasteiger partial charge in [0.25, 0.3) is 0 Å². The van der Waals surface area contributed by atoms with Crippen LogP contribution in [0.25, 0.3) is 0 Å². The Labute approximate surface area is 82.7 Å². The number of hydrogen-bond donors (Lipinski definition) is 1. The van der Waals surface area contributed by atoms with Crippen molar-refractivity contribution in [2.45, 2.75) is 32.1 Å². The van der Waals surface area contributed by atoms with Crippen molar-refractivity contribution in [1.82, 2.24) is 10.2 Å². The van der Waals surface area contributed by atoms with E-state index in [1.165, 1.54) is 45.2 Å². The van der Waals surface area contributed by atoms with Crippen molar-refractivity contribution in [1.29, 1.82) is 0 Å². The van der Waals surface area contributed by atoms with E-state index in [2.05, 4.69) is 17.3 Å². The Morgan fingerprint density at radius 2 is 2.00 bits per heavy atom. The molecule has 2 heteroatoms. The molecule has 0 unspecified atom stereocenters. The molecule has 0 spiro atoms. The first-order valence-corrected chi connectivity index (χ1v) is 5.66. The summed E-state index contributed by atoms with van der Waals surface area (Å²) in [7, 11) is 4.28. The highest BCUT2D eigenvalue weighted by Gasteiger charge is 2.16. The van der Waals surface area contributed by atoms with Crippen molar-refractivity contribution in [2.75, 3.05) is 33.7 Å². The zero-order valence-corrected chi connectivity index (χ0v) is 9.18. The number of hydrogen-bond acceptors (Lipinski definition) is 2. The van der Waals surface area contributed by atoms with Gasteiger partial charge in [0.05, 0.1) is 0 Å². The van der Waals surface area contributed by atoms with Gasteiger partial charge in [0, 0.05) is 6.54 Å².